The molecule has 2 atom stereocenters. The summed E-state index contributed by atoms with van der Waals surface area (Å²) >= 11 is 1.68. The monoisotopic (exact) mass is 286 g/mol. The fraction of sp³-hybridized carbons (Fsp3) is 0.692. The predicted octanol–water partition coefficient (Wildman–Crippen LogP) is 1.80. The normalized spacial score (nSPS) is 22.9. The summed E-state index contributed by atoms with van der Waals surface area (Å²) in [6.07, 6.45) is 3.54. The maximum absolute atomic E-state index is 12.0. The van der Waals surface area contributed by atoms with Crippen LogP contribution in [0, 0.1) is 5.92 Å². The molecule has 108 valence electrons. The highest BCUT2D eigenvalue weighted by Crippen LogP contribution is 2.23. The van der Waals surface area contributed by atoms with Crippen molar-refractivity contribution in [1.82, 2.24) is 10.2 Å². The SMILES string of the molecule is C=CCSCCNC(=O)N1CCCC(C)C1C(=O)O. The third-order valence-corrected chi connectivity index (χ3v) is 4.17. The maximum atomic E-state index is 12.0. The van der Waals surface area contributed by atoms with E-state index < -0.39 is 12.0 Å². The fourth-order valence-electron chi connectivity index (χ4n) is 2.29. The van der Waals surface area contributed by atoms with Gasteiger partial charge in [0.1, 0.15) is 6.04 Å². The van der Waals surface area contributed by atoms with Gasteiger partial charge in [0, 0.05) is 24.6 Å². The van der Waals surface area contributed by atoms with Crippen molar-refractivity contribution in [2.24, 2.45) is 5.92 Å². The molecule has 5 nitrogen and oxygen atoms in total. The number of amides is 2. The number of carbonyl (C=O) groups excluding carboxylic acids is 1. The first-order valence-electron chi connectivity index (χ1n) is 6.53. The van der Waals surface area contributed by atoms with E-state index in [2.05, 4.69) is 11.9 Å². The lowest BCUT2D eigenvalue weighted by Crippen LogP contribution is -2.55. The number of urea groups is 1. The number of aliphatic carboxylic acids is 1. The van der Waals surface area contributed by atoms with E-state index in [1.807, 2.05) is 13.0 Å². The summed E-state index contributed by atoms with van der Waals surface area (Å²) in [6.45, 7) is 6.58. The van der Waals surface area contributed by atoms with Crippen LogP contribution in [0.15, 0.2) is 12.7 Å². The van der Waals surface area contributed by atoms with Crippen LogP contribution in [0.2, 0.25) is 0 Å². The first kappa shape index (κ1) is 15.9. The minimum absolute atomic E-state index is 0.00661. The largest absolute Gasteiger partial charge is 0.480 e. The number of likely N-dealkylation sites (tertiary alicyclic amines) is 1. The van der Waals surface area contributed by atoms with Gasteiger partial charge in [0.05, 0.1) is 0 Å². The van der Waals surface area contributed by atoms with Gasteiger partial charge < -0.3 is 15.3 Å². The molecule has 1 aliphatic rings. The van der Waals surface area contributed by atoms with Crippen molar-refractivity contribution >= 4 is 23.8 Å². The Morgan fingerprint density at radius 2 is 2.32 bits per heavy atom. The molecule has 1 saturated heterocycles. The topological polar surface area (TPSA) is 69.6 Å². The molecule has 2 amide bonds. The van der Waals surface area contributed by atoms with Crippen molar-refractivity contribution in [2.75, 3.05) is 24.6 Å². The summed E-state index contributed by atoms with van der Waals surface area (Å²) in [5, 5.41) is 12.0. The van der Waals surface area contributed by atoms with Crippen LogP contribution in [0.3, 0.4) is 0 Å². The zero-order valence-corrected chi connectivity index (χ0v) is 12.1. The van der Waals surface area contributed by atoms with Gasteiger partial charge in [-0.2, -0.15) is 11.8 Å². The van der Waals surface area contributed by atoms with Gasteiger partial charge in [-0.1, -0.05) is 13.0 Å². The molecular formula is C13H22N2O3S. The molecule has 2 unspecified atom stereocenters. The number of nitrogens with one attached hydrogen (secondary N) is 1. The molecule has 0 aromatic carbocycles. The molecule has 0 spiro atoms. The highest BCUT2D eigenvalue weighted by atomic mass is 32.2. The number of carbonyl (C=O) groups is 2. The van der Waals surface area contributed by atoms with E-state index in [0.29, 0.717) is 13.1 Å². The summed E-state index contributed by atoms with van der Waals surface area (Å²) < 4.78 is 0. The number of piperidine rings is 1. The Morgan fingerprint density at radius 3 is 2.95 bits per heavy atom. The molecule has 0 radical (unpaired) electrons. The van der Waals surface area contributed by atoms with Gasteiger partial charge in [-0.05, 0) is 18.8 Å². The molecular weight excluding hydrogens is 264 g/mol. The molecule has 6 heteroatoms. The molecule has 0 aromatic rings. The summed E-state index contributed by atoms with van der Waals surface area (Å²) in [4.78, 5) is 24.7. The highest BCUT2D eigenvalue weighted by molar-refractivity contribution is 7.99. The fourth-order valence-corrected chi connectivity index (χ4v) is 2.87. The molecule has 0 aromatic heterocycles. The third-order valence-electron chi connectivity index (χ3n) is 3.21. The summed E-state index contributed by atoms with van der Waals surface area (Å²) in [5.41, 5.74) is 0. The zero-order valence-electron chi connectivity index (χ0n) is 11.3. The Balaban J connectivity index is 2.44. The van der Waals surface area contributed by atoms with Gasteiger partial charge >= 0.3 is 12.0 Å². The van der Waals surface area contributed by atoms with E-state index in [4.69, 9.17) is 0 Å². The Kier molecular flexibility index (Phi) is 6.77. The molecule has 0 saturated carbocycles. The van der Waals surface area contributed by atoms with Crippen molar-refractivity contribution in [2.45, 2.75) is 25.8 Å². The number of hydrogen-bond donors (Lipinski definition) is 2. The lowest BCUT2D eigenvalue weighted by Gasteiger charge is -2.37. The lowest BCUT2D eigenvalue weighted by molar-refractivity contribution is -0.145. The van der Waals surface area contributed by atoms with E-state index >= 15 is 0 Å². The standard InChI is InChI=1S/C13H22N2O3S/c1-3-8-19-9-6-14-13(18)15-7-4-5-10(2)11(15)12(16)17/h3,10-11H,1,4-9H2,2H3,(H,14,18)(H,16,17). The van der Waals surface area contributed by atoms with Crippen molar-refractivity contribution in [3.8, 4) is 0 Å². The smallest absolute Gasteiger partial charge is 0.326 e. The Morgan fingerprint density at radius 1 is 1.58 bits per heavy atom. The first-order valence-corrected chi connectivity index (χ1v) is 7.69. The Bertz CT molecular complexity index is 336. The van der Waals surface area contributed by atoms with E-state index in [9.17, 15) is 14.7 Å². The van der Waals surface area contributed by atoms with E-state index in [1.165, 1.54) is 4.90 Å². The van der Waals surface area contributed by atoms with Crippen LogP contribution in [0.1, 0.15) is 19.8 Å². The lowest BCUT2D eigenvalue weighted by atomic mass is 9.91. The minimum atomic E-state index is -0.914. The average Bonchev–Trinajstić information content (AvgIpc) is 2.37. The molecule has 2 N–H and O–H groups in total. The van der Waals surface area contributed by atoms with Gasteiger partial charge in [0.15, 0.2) is 0 Å². The quantitative estimate of drug-likeness (QED) is 0.577. The van der Waals surface area contributed by atoms with Crippen molar-refractivity contribution in [1.29, 1.82) is 0 Å². The van der Waals surface area contributed by atoms with Crippen LogP contribution < -0.4 is 5.32 Å². The van der Waals surface area contributed by atoms with Crippen LogP contribution in [0.5, 0.6) is 0 Å². The van der Waals surface area contributed by atoms with Crippen LogP contribution in [0.4, 0.5) is 4.79 Å². The average molecular weight is 286 g/mol. The predicted molar refractivity (Wildman–Crippen MR) is 77.4 cm³/mol. The Labute approximate surface area is 118 Å². The molecule has 1 aliphatic heterocycles. The van der Waals surface area contributed by atoms with Crippen molar-refractivity contribution < 1.29 is 14.7 Å². The van der Waals surface area contributed by atoms with Crippen LogP contribution in [-0.2, 0) is 4.79 Å². The molecule has 1 fully saturated rings. The van der Waals surface area contributed by atoms with Gasteiger partial charge in [-0.15, -0.1) is 6.58 Å². The number of carboxylic acids is 1. The van der Waals surface area contributed by atoms with Gasteiger partial charge in [-0.25, -0.2) is 9.59 Å². The van der Waals surface area contributed by atoms with Crippen LogP contribution in [-0.4, -0.2) is 52.6 Å². The second kappa shape index (κ2) is 8.09. The second-order valence-corrected chi connectivity index (χ2v) is 5.84. The van der Waals surface area contributed by atoms with E-state index in [0.717, 1.165) is 24.3 Å². The molecule has 0 bridgehead atoms. The minimum Gasteiger partial charge on any atom is -0.480 e. The van der Waals surface area contributed by atoms with E-state index in [-0.39, 0.29) is 11.9 Å². The number of hydrogen-bond acceptors (Lipinski definition) is 3. The second-order valence-electron chi connectivity index (χ2n) is 4.69. The molecule has 1 heterocycles. The molecule has 1 rings (SSSR count). The van der Waals surface area contributed by atoms with Gasteiger partial charge in [0.2, 0.25) is 0 Å². The molecule has 0 aliphatic carbocycles. The summed E-state index contributed by atoms with van der Waals surface area (Å²) in [7, 11) is 0. The Hall–Kier alpha value is -1.17. The zero-order chi connectivity index (χ0) is 14.3. The summed E-state index contributed by atoms with van der Waals surface area (Å²) in [6, 6.07) is -0.965. The van der Waals surface area contributed by atoms with Crippen molar-refractivity contribution in [3.05, 3.63) is 12.7 Å². The number of carboxylic acid groups (broad SMARTS) is 1. The van der Waals surface area contributed by atoms with Crippen LogP contribution >= 0.6 is 11.8 Å². The molecule has 19 heavy (non-hydrogen) atoms. The number of nitrogens with zero attached hydrogens (tertiary/aromatic N) is 1. The van der Waals surface area contributed by atoms with Crippen molar-refractivity contribution in [3.63, 3.8) is 0 Å². The maximum Gasteiger partial charge on any atom is 0.326 e. The first-order chi connectivity index (χ1) is 9.07. The number of rotatable bonds is 6. The van der Waals surface area contributed by atoms with Gasteiger partial charge in [-0.3, -0.25) is 0 Å². The van der Waals surface area contributed by atoms with Gasteiger partial charge in [0.25, 0.3) is 0 Å². The number of thioether (sulfide) groups is 1. The third kappa shape index (κ3) is 4.78. The van der Waals surface area contributed by atoms with Crippen LogP contribution in [0.25, 0.3) is 0 Å². The highest BCUT2D eigenvalue weighted by Gasteiger charge is 2.36. The van der Waals surface area contributed by atoms with E-state index in [1.54, 1.807) is 11.8 Å². The summed E-state index contributed by atoms with van der Waals surface area (Å²) in [5.74, 6) is 0.753.